The summed E-state index contributed by atoms with van der Waals surface area (Å²) in [6, 6.07) is 0. The topological polar surface area (TPSA) is 99.2 Å². The first-order valence-corrected chi connectivity index (χ1v) is 7.84. The quantitative estimate of drug-likeness (QED) is 0.589. The third-order valence-corrected chi connectivity index (χ3v) is 4.59. The highest BCUT2D eigenvalue weighted by atomic mass is 32.2. The average Bonchev–Trinajstić information content (AvgIpc) is 2.45. The van der Waals surface area contributed by atoms with Crippen LogP contribution in [0.25, 0.3) is 0 Å². The second kappa shape index (κ2) is 7.55. The van der Waals surface area contributed by atoms with E-state index in [4.69, 9.17) is 4.74 Å². The van der Waals surface area contributed by atoms with Crippen LogP contribution < -0.4 is 0 Å². The fourth-order valence-corrected chi connectivity index (χ4v) is 3.13. The zero-order valence-corrected chi connectivity index (χ0v) is 12.3. The molecule has 1 fully saturated rings. The Labute approximate surface area is 118 Å². The summed E-state index contributed by atoms with van der Waals surface area (Å²) >= 11 is 0. The first kappa shape index (κ1) is 16.9. The number of morpholine rings is 1. The number of sulfonamides is 1. The van der Waals surface area contributed by atoms with Crippen molar-refractivity contribution in [2.24, 2.45) is 0 Å². The third kappa shape index (κ3) is 4.73. The van der Waals surface area contributed by atoms with Crippen LogP contribution in [0.2, 0.25) is 0 Å². The Morgan fingerprint density at radius 1 is 1.40 bits per heavy atom. The van der Waals surface area contributed by atoms with E-state index in [1.54, 1.807) is 6.92 Å². The Balaban J connectivity index is 2.58. The van der Waals surface area contributed by atoms with E-state index < -0.39 is 28.1 Å². The molecule has 0 radical (unpaired) electrons. The number of methoxy groups -OCH3 is 1. The molecule has 0 aromatic carbocycles. The summed E-state index contributed by atoms with van der Waals surface area (Å²) in [4.78, 5) is 22.5. The van der Waals surface area contributed by atoms with Crippen molar-refractivity contribution in [3.05, 3.63) is 0 Å². The fraction of sp³-hybridized carbons (Fsp3) is 0.818. The van der Waals surface area contributed by atoms with Gasteiger partial charge in [0.1, 0.15) is 0 Å². The molecule has 116 valence electrons. The van der Waals surface area contributed by atoms with Crippen LogP contribution in [-0.4, -0.2) is 69.9 Å². The molecule has 0 aliphatic carbocycles. The van der Waals surface area contributed by atoms with Gasteiger partial charge in [-0.2, -0.15) is 4.31 Å². The van der Waals surface area contributed by atoms with Gasteiger partial charge in [0.15, 0.2) is 6.10 Å². The van der Waals surface area contributed by atoms with Crippen molar-refractivity contribution in [1.82, 2.24) is 4.31 Å². The minimum Gasteiger partial charge on any atom is -0.467 e. The lowest BCUT2D eigenvalue weighted by molar-refractivity contribution is -0.157. The van der Waals surface area contributed by atoms with Crippen molar-refractivity contribution in [1.29, 1.82) is 0 Å². The van der Waals surface area contributed by atoms with E-state index in [1.165, 1.54) is 7.11 Å². The van der Waals surface area contributed by atoms with Crippen LogP contribution in [0, 0.1) is 0 Å². The SMILES string of the molecule is CCOC(=O)CCS(=O)(=O)N1CCOC(C(=O)OC)C1. The Bertz CT molecular complexity index is 448. The number of carbonyl (C=O) groups excluding carboxylic acids is 2. The fourth-order valence-electron chi connectivity index (χ4n) is 1.73. The van der Waals surface area contributed by atoms with Crippen molar-refractivity contribution >= 4 is 22.0 Å². The highest BCUT2D eigenvalue weighted by Gasteiger charge is 2.33. The number of esters is 2. The van der Waals surface area contributed by atoms with Gasteiger partial charge in [0.05, 0.1) is 39.0 Å². The second-order valence-corrected chi connectivity index (χ2v) is 6.20. The van der Waals surface area contributed by atoms with Gasteiger partial charge in [-0.1, -0.05) is 0 Å². The average molecular weight is 309 g/mol. The number of carbonyl (C=O) groups is 2. The maximum Gasteiger partial charge on any atom is 0.336 e. The van der Waals surface area contributed by atoms with Gasteiger partial charge in [-0.15, -0.1) is 0 Å². The molecule has 20 heavy (non-hydrogen) atoms. The normalized spacial score (nSPS) is 20.4. The van der Waals surface area contributed by atoms with Crippen LogP contribution >= 0.6 is 0 Å². The standard InChI is InChI=1S/C11H19NO7S/c1-3-18-10(13)4-7-20(15,16)12-5-6-19-9(8-12)11(14)17-2/h9H,3-8H2,1-2H3. The minimum absolute atomic E-state index is 0.0994. The number of hydrogen-bond donors (Lipinski definition) is 0. The Kier molecular flexibility index (Phi) is 6.37. The molecule has 0 aromatic rings. The first-order chi connectivity index (χ1) is 9.40. The van der Waals surface area contributed by atoms with E-state index in [9.17, 15) is 18.0 Å². The summed E-state index contributed by atoms with van der Waals surface area (Å²) in [5.74, 6) is -1.52. The second-order valence-electron chi connectivity index (χ2n) is 4.11. The van der Waals surface area contributed by atoms with Crippen molar-refractivity contribution in [2.75, 3.05) is 39.2 Å². The molecule has 9 heteroatoms. The maximum absolute atomic E-state index is 12.1. The van der Waals surface area contributed by atoms with E-state index in [2.05, 4.69) is 9.47 Å². The van der Waals surface area contributed by atoms with E-state index in [1.807, 2.05) is 0 Å². The third-order valence-electron chi connectivity index (χ3n) is 2.76. The van der Waals surface area contributed by atoms with Crippen molar-refractivity contribution < 1.29 is 32.2 Å². The summed E-state index contributed by atoms with van der Waals surface area (Å²) in [6.07, 6.45) is -1.14. The van der Waals surface area contributed by atoms with Crippen LogP contribution in [0.15, 0.2) is 0 Å². The van der Waals surface area contributed by atoms with Gasteiger partial charge < -0.3 is 14.2 Å². The lowest BCUT2D eigenvalue weighted by atomic mass is 10.3. The Morgan fingerprint density at radius 3 is 2.70 bits per heavy atom. The minimum atomic E-state index is -3.63. The molecule has 0 amide bonds. The molecule has 0 saturated carbocycles. The van der Waals surface area contributed by atoms with E-state index >= 15 is 0 Å². The molecule has 0 aromatic heterocycles. The van der Waals surface area contributed by atoms with Gasteiger partial charge >= 0.3 is 11.9 Å². The summed E-state index contributed by atoms with van der Waals surface area (Å²) < 4.78 is 39.6. The monoisotopic (exact) mass is 309 g/mol. The van der Waals surface area contributed by atoms with Crippen LogP contribution in [0.4, 0.5) is 0 Å². The molecule has 0 N–H and O–H groups in total. The largest absolute Gasteiger partial charge is 0.467 e. The van der Waals surface area contributed by atoms with Gasteiger partial charge in [-0.25, -0.2) is 13.2 Å². The van der Waals surface area contributed by atoms with Gasteiger partial charge in [0.2, 0.25) is 10.0 Å². The van der Waals surface area contributed by atoms with E-state index in [0.29, 0.717) is 0 Å². The van der Waals surface area contributed by atoms with Crippen molar-refractivity contribution in [3.8, 4) is 0 Å². The van der Waals surface area contributed by atoms with Crippen LogP contribution in [0.1, 0.15) is 13.3 Å². The van der Waals surface area contributed by atoms with Crippen LogP contribution in [0.3, 0.4) is 0 Å². The van der Waals surface area contributed by atoms with Crippen LogP contribution in [-0.2, 0) is 33.8 Å². The number of hydrogen-bond acceptors (Lipinski definition) is 7. The summed E-state index contributed by atoms with van der Waals surface area (Å²) in [5, 5.41) is 0. The van der Waals surface area contributed by atoms with Gasteiger partial charge in [0, 0.05) is 6.54 Å². The van der Waals surface area contributed by atoms with Gasteiger partial charge in [0.25, 0.3) is 0 Å². The smallest absolute Gasteiger partial charge is 0.336 e. The molecule has 0 spiro atoms. The highest BCUT2D eigenvalue weighted by molar-refractivity contribution is 7.89. The molecule has 1 unspecified atom stereocenters. The summed E-state index contributed by atoms with van der Waals surface area (Å²) in [5.41, 5.74) is 0. The van der Waals surface area contributed by atoms with Gasteiger partial charge in [-0.3, -0.25) is 4.79 Å². The van der Waals surface area contributed by atoms with Crippen LogP contribution in [0.5, 0.6) is 0 Å². The summed E-state index contributed by atoms with van der Waals surface area (Å²) in [6.45, 7) is 2.02. The molecule has 1 heterocycles. The molecule has 1 saturated heterocycles. The predicted molar refractivity (Wildman–Crippen MR) is 68.4 cm³/mol. The Hall–Kier alpha value is -1.19. The molecule has 8 nitrogen and oxygen atoms in total. The molecule has 1 rings (SSSR count). The molecular weight excluding hydrogens is 290 g/mol. The zero-order chi connectivity index (χ0) is 15.2. The van der Waals surface area contributed by atoms with Crippen molar-refractivity contribution in [3.63, 3.8) is 0 Å². The highest BCUT2D eigenvalue weighted by Crippen LogP contribution is 2.12. The van der Waals surface area contributed by atoms with Gasteiger partial charge in [-0.05, 0) is 6.92 Å². The van der Waals surface area contributed by atoms with Crippen molar-refractivity contribution in [2.45, 2.75) is 19.4 Å². The molecular formula is C11H19NO7S. The summed E-state index contributed by atoms with van der Waals surface area (Å²) in [7, 11) is -2.42. The number of rotatable bonds is 6. The Morgan fingerprint density at radius 2 is 2.10 bits per heavy atom. The zero-order valence-electron chi connectivity index (χ0n) is 11.5. The molecule has 1 aliphatic heterocycles. The first-order valence-electron chi connectivity index (χ1n) is 6.23. The molecule has 1 aliphatic rings. The molecule has 0 bridgehead atoms. The predicted octanol–water partition coefficient (Wildman–Crippen LogP) is -0.857. The maximum atomic E-state index is 12.1. The number of nitrogens with zero attached hydrogens (tertiary/aromatic N) is 1. The lowest BCUT2D eigenvalue weighted by Gasteiger charge is -2.30. The van der Waals surface area contributed by atoms with E-state index in [0.717, 1.165) is 4.31 Å². The van der Waals surface area contributed by atoms with E-state index in [-0.39, 0.29) is 38.5 Å². The molecule has 1 atom stereocenters. The lowest BCUT2D eigenvalue weighted by Crippen LogP contribution is -2.49. The number of ether oxygens (including phenoxy) is 3.